The highest BCUT2D eigenvalue weighted by molar-refractivity contribution is 14.1. The SMILES string of the molecule is C[N+](=O)c1ccc(OC(=O)CI)cc1. The third-order valence-electron chi connectivity index (χ3n) is 1.54. The van der Waals surface area contributed by atoms with E-state index in [2.05, 4.69) is 0 Å². The van der Waals surface area contributed by atoms with Gasteiger partial charge in [-0.3, -0.25) is 4.79 Å². The van der Waals surface area contributed by atoms with Crippen molar-refractivity contribution in [1.82, 2.24) is 0 Å². The Morgan fingerprint density at radius 1 is 1.43 bits per heavy atom. The Kier molecular flexibility index (Phi) is 3.99. The molecule has 0 aliphatic carbocycles. The normalized spacial score (nSPS) is 9.57. The molecule has 0 N–H and O–H groups in total. The van der Waals surface area contributed by atoms with Crippen LogP contribution in [0.25, 0.3) is 0 Å². The van der Waals surface area contributed by atoms with Gasteiger partial charge in [0.05, 0.1) is 4.43 Å². The number of ether oxygens (including phenoxy) is 1. The van der Waals surface area contributed by atoms with E-state index in [1.54, 1.807) is 24.3 Å². The van der Waals surface area contributed by atoms with Gasteiger partial charge in [-0.05, 0) is 12.1 Å². The Balaban J connectivity index is 2.73. The Labute approximate surface area is 95.0 Å². The van der Waals surface area contributed by atoms with Crippen LogP contribution < -0.4 is 4.74 Å². The number of halogens is 1. The number of benzene rings is 1. The lowest BCUT2D eigenvalue weighted by atomic mass is 10.3. The van der Waals surface area contributed by atoms with E-state index in [0.29, 0.717) is 15.9 Å². The molecule has 0 aromatic heterocycles. The molecular weight excluding hydrogens is 297 g/mol. The van der Waals surface area contributed by atoms with Crippen LogP contribution in [0.5, 0.6) is 5.75 Å². The summed E-state index contributed by atoms with van der Waals surface area (Å²) in [6.07, 6.45) is 0. The molecular formula is C9H9INO3+. The van der Waals surface area contributed by atoms with Crippen molar-refractivity contribution in [3.8, 4) is 5.75 Å². The molecule has 0 saturated heterocycles. The van der Waals surface area contributed by atoms with E-state index in [1.165, 1.54) is 7.05 Å². The van der Waals surface area contributed by atoms with Crippen molar-refractivity contribution in [2.75, 3.05) is 11.5 Å². The zero-order chi connectivity index (χ0) is 10.6. The van der Waals surface area contributed by atoms with Crippen LogP contribution in [-0.2, 0) is 4.79 Å². The average molecular weight is 306 g/mol. The van der Waals surface area contributed by atoms with Gasteiger partial charge >= 0.3 is 5.97 Å². The Morgan fingerprint density at radius 2 is 2.00 bits per heavy atom. The van der Waals surface area contributed by atoms with E-state index in [0.717, 1.165) is 4.76 Å². The second-order valence-corrected chi connectivity index (χ2v) is 3.36. The number of rotatable bonds is 3. The number of carbonyl (C=O) groups is 1. The van der Waals surface area contributed by atoms with Crippen LogP contribution in [0.2, 0.25) is 0 Å². The topological polar surface area (TPSA) is 46.4 Å². The minimum absolute atomic E-state index is 0.297. The lowest BCUT2D eigenvalue weighted by Crippen LogP contribution is -2.08. The van der Waals surface area contributed by atoms with Crippen LogP contribution in [0, 0.1) is 4.91 Å². The molecule has 5 heteroatoms. The minimum Gasteiger partial charge on any atom is -0.426 e. The van der Waals surface area contributed by atoms with Crippen molar-refractivity contribution in [3.05, 3.63) is 29.2 Å². The molecule has 0 fully saturated rings. The number of nitroso groups, excluding NO2 is 1. The molecule has 0 radical (unpaired) electrons. The fourth-order valence-electron chi connectivity index (χ4n) is 0.883. The highest BCUT2D eigenvalue weighted by atomic mass is 127. The number of hydrogen-bond acceptors (Lipinski definition) is 3. The smallest absolute Gasteiger partial charge is 0.321 e. The number of carbonyl (C=O) groups excluding carboxylic acids is 1. The number of nitrogens with zero attached hydrogens (tertiary/aromatic N) is 1. The van der Waals surface area contributed by atoms with Crippen LogP contribution in [0.3, 0.4) is 0 Å². The van der Waals surface area contributed by atoms with Crippen molar-refractivity contribution < 1.29 is 14.3 Å². The lowest BCUT2D eigenvalue weighted by Gasteiger charge is -2.00. The van der Waals surface area contributed by atoms with Crippen molar-refractivity contribution >= 4 is 34.2 Å². The predicted octanol–water partition coefficient (Wildman–Crippen LogP) is 2.07. The third kappa shape index (κ3) is 3.06. The first kappa shape index (κ1) is 11.1. The molecule has 0 bridgehead atoms. The van der Waals surface area contributed by atoms with Crippen LogP contribution in [0.15, 0.2) is 24.3 Å². The van der Waals surface area contributed by atoms with Gasteiger partial charge in [0.1, 0.15) is 5.75 Å². The monoisotopic (exact) mass is 306 g/mol. The highest BCUT2D eigenvalue weighted by Gasteiger charge is 2.07. The maximum atomic E-state index is 10.9. The summed E-state index contributed by atoms with van der Waals surface area (Å²) in [6.45, 7) is 0. The number of esters is 1. The molecule has 74 valence electrons. The molecule has 0 amide bonds. The van der Waals surface area contributed by atoms with Gasteiger partial charge < -0.3 is 4.74 Å². The summed E-state index contributed by atoms with van der Waals surface area (Å²) in [5.74, 6) is 0.158. The van der Waals surface area contributed by atoms with Crippen molar-refractivity contribution in [1.29, 1.82) is 0 Å². The molecule has 1 rings (SSSR count). The zero-order valence-electron chi connectivity index (χ0n) is 7.57. The number of alkyl halides is 1. The van der Waals surface area contributed by atoms with Crippen LogP contribution in [0.4, 0.5) is 5.69 Å². The van der Waals surface area contributed by atoms with Gasteiger partial charge in [0.15, 0.2) is 7.05 Å². The molecule has 0 spiro atoms. The lowest BCUT2D eigenvalue weighted by molar-refractivity contribution is -0.428. The molecule has 0 heterocycles. The highest BCUT2D eigenvalue weighted by Crippen LogP contribution is 2.17. The molecule has 0 saturated carbocycles. The van der Waals surface area contributed by atoms with Crippen LogP contribution >= 0.6 is 22.6 Å². The molecule has 0 aliphatic rings. The van der Waals surface area contributed by atoms with Crippen molar-refractivity contribution in [3.63, 3.8) is 0 Å². The molecule has 4 nitrogen and oxygen atoms in total. The van der Waals surface area contributed by atoms with Crippen molar-refractivity contribution in [2.45, 2.75) is 0 Å². The zero-order valence-corrected chi connectivity index (χ0v) is 9.72. The summed E-state index contributed by atoms with van der Waals surface area (Å²) in [4.78, 5) is 21.7. The minimum atomic E-state index is -0.297. The Bertz CT molecular complexity index is 348. The van der Waals surface area contributed by atoms with E-state index in [1.807, 2.05) is 22.6 Å². The summed E-state index contributed by atoms with van der Waals surface area (Å²) in [7, 11) is 1.41. The fraction of sp³-hybridized carbons (Fsp3) is 0.222. The van der Waals surface area contributed by atoms with Gasteiger partial charge in [0.2, 0.25) is 0 Å². The largest absolute Gasteiger partial charge is 0.426 e. The van der Waals surface area contributed by atoms with Gasteiger partial charge in [-0.25, -0.2) is 0 Å². The first-order valence-electron chi connectivity index (χ1n) is 3.91. The van der Waals surface area contributed by atoms with Crippen LogP contribution in [0.1, 0.15) is 0 Å². The quantitative estimate of drug-likeness (QED) is 0.282. The molecule has 1 aromatic carbocycles. The summed E-state index contributed by atoms with van der Waals surface area (Å²) in [5.41, 5.74) is 0.527. The van der Waals surface area contributed by atoms with E-state index in [-0.39, 0.29) is 5.97 Å². The van der Waals surface area contributed by atoms with E-state index < -0.39 is 0 Å². The molecule has 1 aromatic rings. The second kappa shape index (κ2) is 5.04. The van der Waals surface area contributed by atoms with Crippen LogP contribution in [-0.4, -0.2) is 22.2 Å². The maximum absolute atomic E-state index is 10.9. The molecule has 0 unspecified atom stereocenters. The summed E-state index contributed by atoms with van der Waals surface area (Å²) in [6, 6.07) is 6.38. The second-order valence-electron chi connectivity index (χ2n) is 2.60. The molecule has 14 heavy (non-hydrogen) atoms. The van der Waals surface area contributed by atoms with Crippen molar-refractivity contribution in [2.24, 2.45) is 0 Å². The van der Waals surface area contributed by atoms with E-state index in [9.17, 15) is 9.70 Å². The van der Waals surface area contributed by atoms with Gasteiger partial charge in [0.25, 0.3) is 5.69 Å². The van der Waals surface area contributed by atoms with Gasteiger partial charge in [-0.1, -0.05) is 22.6 Å². The standard InChI is InChI=1S/C9H9INO3/c1-11(13)7-2-4-8(5-3-7)14-9(12)6-10/h2-5H,6H2,1H3/q+1. The molecule has 0 aliphatic heterocycles. The summed E-state index contributed by atoms with van der Waals surface area (Å²) < 4.78 is 5.98. The average Bonchev–Trinajstić information content (AvgIpc) is 2.18. The maximum Gasteiger partial charge on any atom is 0.321 e. The van der Waals surface area contributed by atoms with Gasteiger partial charge in [-0.15, -0.1) is 0 Å². The van der Waals surface area contributed by atoms with Gasteiger partial charge in [-0.2, -0.15) is 0 Å². The number of hydrogen-bond donors (Lipinski definition) is 0. The molecule has 0 atom stereocenters. The van der Waals surface area contributed by atoms with E-state index in [4.69, 9.17) is 4.74 Å². The fourth-order valence-corrected chi connectivity index (χ4v) is 1.04. The van der Waals surface area contributed by atoms with Gasteiger partial charge in [0, 0.05) is 21.8 Å². The van der Waals surface area contributed by atoms with E-state index >= 15 is 0 Å². The summed E-state index contributed by atoms with van der Waals surface area (Å²) >= 11 is 1.92. The summed E-state index contributed by atoms with van der Waals surface area (Å²) in [5, 5.41) is 0. The third-order valence-corrected chi connectivity index (χ3v) is 2.16. The predicted molar refractivity (Wildman–Crippen MR) is 60.2 cm³/mol. The first-order valence-corrected chi connectivity index (χ1v) is 5.43. The first-order chi connectivity index (χ1) is 6.63. The Hall–Kier alpha value is -0.980. The Morgan fingerprint density at radius 3 is 2.43 bits per heavy atom.